The van der Waals surface area contributed by atoms with Gasteiger partial charge in [0.25, 0.3) is 0 Å². The molecule has 0 saturated heterocycles. The average molecular weight is 179 g/mol. The topological polar surface area (TPSA) is 52.3 Å². The summed E-state index contributed by atoms with van der Waals surface area (Å²) in [5, 5.41) is 0. The van der Waals surface area contributed by atoms with Gasteiger partial charge in [0.05, 0.1) is 12.7 Å². The molecule has 0 aliphatic carbocycles. The first-order valence-corrected chi connectivity index (χ1v) is 4.16. The molecule has 3 heteroatoms. The molecule has 0 aromatic heterocycles. The van der Waals surface area contributed by atoms with Gasteiger partial charge < -0.3 is 10.5 Å². The van der Waals surface area contributed by atoms with E-state index in [4.69, 9.17) is 5.73 Å². The molecule has 0 aliphatic heterocycles. The molecule has 70 valence electrons. The second-order valence-electron chi connectivity index (χ2n) is 2.72. The molecule has 2 N–H and O–H groups in total. The van der Waals surface area contributed by atoms with E-state index in [9.17, 15) is 4.79 Å². The summed E-state index contributed by atoms with van der Waals surface area (Å²) in [4.78, 5) is 11.3. The molecule has 1 aromatic carbocycles. The Hall–Kier alpha value is -1.51. The van der Waals surface area contributed by atoms with Crippen LogP contribution in [0.25, 0.3) is 0 Å². The highest BCUT2D eigenvalue weighted by molar-refractivity contribution is 5.92. The molecule has 0 aliphatic rings. The molecular formula is C10H13NO2. The van der Waals surface area contributed by atoms with Crippen LogP contribution in [0.15, 0.2) is 18.2 Å². The fourth-order valence-electron chi connectivity index (χ4n) is 1.30. The first-order valence-electron chi connectivity index (χ1n) is 4.16. The maximum atomic E-state index is 11.3. The Morgan fingerprint density at radius 3 is 2.77 bits per heavy atom. The zero-order valence-electron chi connectivity index (χ0n) is 7.83. The molecule has 0 saturated carbocycles. The van der Waals surface area contributed by atoms with Gasteiger partial charge in [0.1, 0.15) is 0 Å². The molecule has 0 bridgehead atoms. The molecular weight excluding hydrogens is 166 g/mol. The van der Waals surface area contributed by atoms with Crippen LogP contribution in [0.2, 0.25) is 0 Å². The zero-order valence-corrected chi connectivity index (χ0v) is 7.83. The fourth-order valence-corrected chi connectivity index (χ4v) is 1.30. The SMILES string of the molecule is CCc1c(N)cccc1C(=O)OC. The maximum absolute atomic E-state index is 11.3. The van der Waals surface area contributed by atoms with Gasteiger partial charge in [-0.3, -0.25) is 0 Å². The smallest absolute Gasteiger partial charge is 0.338 e. The molecule has 1 rings (SSSR count). The van der Waals surface area contributed by atoms with Crippen molar-refractivity contribution in [1.82, 2.24) is 0 Å². The largest absolute Gasteiger partial charge is 0.465 e. The van der Waals surface area contributed by atoms with Gasteiger partial charge in [0.15, 0.2) is 0 Å². The highest BCUT2D eigenvalue weighted by Gasteiger charge is 2.11. The van der Waals surface area contributed by atoms with Gasteiger partial charge in [0.2, 0.25) is 0 Å². The number of benzene rings is 1. The Kier molecular flexibility index (Phi) is 2.90. The minimum absolute atomic E-state index is 0.329. The van der Waals surface area contributed by atoms with Gasteiger partial charge >= 0.3 is 5.97 Å². The van der Waals surface area contributed by atoms with Crippen LogP contribution in [-0.4, -0.2) is 13.1 Å². The highest BCUT2D eigenvalue weighted by Crippen LogP contribution is 2.18. The van der Waals surface area contributed by atoms with Crippen LogP contribution >= 0.6 is 0 Å². The normalized spacial score (nSPS) is 9.69. The lowest BCUT2D eigenvalue weighted by Gasteiger charge is -2.07. The first-order chi connectivity index (χ1) is 6.20. The summed E-state index contributed by atoms with van der Waals surface area (Å²) in [5.41, 5.74) is 7.78. The molecule has 0 spiro atoms. The van der Waals surface area contributed by atoms with Gasteiger partial charge in [-0.15, -0.1) is 0 Å². The third-order valence-corrected chi connectivity index (χ3v) is 1.97. The Balaban J connectivity index is 3.20. The molecule has 0 fully saturated rings. The molecule has 0 radical (unpaired) electrons. The van der Waals surface area contributed by atoms with Crippen molar-refractivity contribution in [3.63, 3.8) is 0 Å². The van der Waals surface area contributed by atoms with E-state index in [0.717, 1.165) is 12.0 Å². The Morgan fingerprint density at radius 1 is 1.54 bits per heavy atom. The van der Waals surface area contributed by atoms with E-state index in [1.54, 1.807) is 18.2 Å². The van der Waals surface area contributed by atoms with Crippen LogP contribution in [0.4, 0.5) is 5.69 Å². The number of methoxy groups -OCH3 is 1. The lowest BCUT2D eigenvalue weighted by molar-refractivity contribution is 0.0599. The van der Waals surface area contributed by atoms with E-state index >= 15 is 0 Å². The number of carbonyl (C=O) groups is 1. The van der Waals surface area contributed by atoms with Crippen molar-refractivity contribution in [3.8, 4) is 0 Å². The number of hydrogen-bond donors (Lipinski definition) is 1. The lowest BCUT2D eigenvalue weighted by atomic mass is 10.0. The Morgan fingerprint density at radius 2 is 2.23 bits per heavy atom. The van der Waals surface area contributed by atoms with Crippen molar-refractivity contribution in [3.05, 3.63) is 29.3 Å². The standard InChI is InChI=1S/C10H13NO2/c1-3-7-8(10(12)13-2)5-4-6-9(7)11/h4-6H,3,11H2,1-2H3. The van der Waals surface area contributed by atoms with Crippen LogP contribution < -0.4 is 5.73 Å². The van der Waals surface area contributed by atoms with Crippen LogP contribution in [0, 0.1) is 0 Å². The van der Waals surface area contributed by atoms with Crippen molar-refractivity contribution in [2.45, 2.75) is 13.3 Å². The molecule has 13 heavy (non-hydrogen) atoms. The van der Waals surface area contributed by atoms with E-state index in [1.807, 2.05) is 6.92 Å². The number of nitrogens with two attached hydrogens (primary N) is 1. The minimum atomic E-state index is -0.329. The van der Waals surface area contributed by atoms with Crippen molar-refractivity contribution in [2.24, 2.45) is 0 Å². The van der Waals surface area contributed by atoms with Gasteiger partial charge in [-0.2, -0.15) is 0 Å². The van der Waals surface area contributed by atoms with E-state index in [0.29, 0.717) is 11.3 Å². The summed E-state index contributed by atoms with van der Waals surface area (Å²) in [5.74, 6) is -0.329. The Labute approximate surface area is 77.5 Å². The third kappa shape index (κ3) is 1.80. The second kappa shape index (κ2) is 3.94. The first kappa shape index (κ1) is 9.58. The van der Waals surface area contributed by atoms with Crippen LogP contribution in [0.1, 0.15) is 22.8 Å². The average Bonchev–Trinajstić information content (AvgIpc) is 2.16. The van der Waals surface area contributed by atoms with Gasteiger partial charge in [-0.05, 0) is 24.1 Å². The molecule has 0 unspecified atom stereocenters. The summed E-state index contributed by atoms with van der Waals surface area (Å²) in [6.45, 7) is 1.96. The maximum Gasteiger partial charge on any atom is 0.338 e. The molecule has 1 aromatic rings. The van der Waals surface area contributed by atoms with Crippen LogP contribution in [0.3, 0.4) is 0 Å². The summed E-state index contributed by atoms with van der Waals surface area (Å²) in [7, 11) is 1.37. The predicted octanol–water partition coefficient (Wildman–Crippen LogP) is 1.62. The van der Waals surface area contributed by atoms with Gasteiger partial charge in [-0.25, -0.2) is 4.79 Å². The van der Waals surface area contributed by atoms with Crippen molar-refractivity contribution >= 4 is 11.7 Å². The predicted molar refractivity (Wildman–Crippen MR) is 51.6 cm³/mol. The summed E-state index contributed by atoms with van der Waals surface area (Å²) >= 11 is 0. The number of nitrogen functional groups attached to an aromatic ring is 1. The Bertz CT molecular complexity index is 321. The second-order valence-corrected chi connectivity index (χ2v) is 2.72. The number of ether oxygens (including phenoxy) is 1. The number of anilines is 1. The molecule has 3 nitrogen and oxygen atoms in total. The summed E-state index contributed by atoms with van der Waals surface area (Å²) < 4.78 is 4.64. The van der Waals surface area contributed by atoms with Crippen LogP contribution in [-0.2, 0) is 11.2 Å². The van der Waals surface area contributed by atoms with Gasteiger partial charge in [0, 0.05) is 5.69 Å². The van der Waals surface area contributed by atoms with Crippen molar-refractivity contribution in [1.29, 1.82) is 0 Å². The molecule has 0 atom stereocenters. The number of esters is 1. The molecule has 0 amide bonds. The van der Waals surface area contributed by atoms with Crippen LogP contribution in [0.5, 0.6) is 0 Å². The summed E-state index contributed by atoms with van der Waals surface area (Å²) in [6.07, 6.45) is 0.733. The highest BCUT2D eigenvalue weighted by atomic mass is 16.5. The zero-order chi connectivity index (χ0) is 9.84. The van der Waals surface area contributed by atoms with E-state index in [2.05, 4.69) is 4.74 Å². The fraction of sp³-hybridized carbons (Fsp3) is 0.300. The summed E-state index contributed by atoms with van der Waals surface area (Å²) in [6, 6.07) is 5.26. The van der Waals surface area contributed by atoms with Crippen molar-refractivity contribution in [2.75, 3.05) is 12.8 Å². The third-order valence-electron chi connectivity index (χ3n) is 1.97. The lowest BCUT2D eigenvalue weighted by Crippen LogP contribution is -2.07. The monoisotopic (exact) mass is 179 g/mol. The number of rotatable bonds is 2. The number of hydrogen-bond acceptors (Lipinski definition) is 3. The number of carbonyl (C=O) groups excluding carboxylic acids is 1. The van der Waals surface area contributed by atoms with Gasteiger partial charge in [-0.1, -0.05) is 13.0 Å². The van der Waals surface area contributed by atoms with E-state index in [-0.39, 0.29) is 5.97 Å². The molecule has 0 heterocycles. The minimum Gasteiger partial charge on any atom is -0.465 e. The quantitative estimate of drug-likeness (QED) is 0.554. The van der Waals surface area contributed by atoms with E-state index < -0.39 is 0 Å². The van der Waals surface area contributed by atoms with Crippen molar-refractivity contribution < 1.29 is 9.53 Å². The van der Waals surface area contributed by atoms with E-state index in [1.165, 1.54) is 7.11 Å².